The maximum absolute atomic E-state index is 4.56. The average Bonchev–Trinajstić information content (AvgIpc) is 2.03. The molecule has 0 fully saturated rings. The minimum absolute atomic E-state index is 0.676. The van der Waals surface area contributed by atoms with Gasteiger partial charge in [-0.25, -0.2) is 0 Å². The van der Waals surface area contributed by atoms with E-state index < -0.39 is 0 Å². The van der Waals surface area contributed by atoms with E-state index in [1.54, 1.807) is 0 Å². The second kappa shape index (κ2) is 5.84. The molecule has 3 nitrogen and oxygen atoms in total. The summed E-state index contributed by atoms with van der Waals surface area (Å²) in [6, 6.07) is 0. The van der Waals surface area contributed by atoms with Crippen LogP contribution in [-0.2, 0) is 0 Å². The van der Waals surface area contributed by atoms with Crippen LogP contribution < -0.4 is 0 Å². The van der Waals surface area contributed by atoms with E-state index in [1.165, 1.54) is 6.42 Å². The van der Waals surface area contributed by atoms with Crippen molar-refractivity contribution in [2.24, 2.45) is 10.9 Å². The molecule has 0 amide bonds. The largest absolute Gasteiger partial charge is 0.349 e. The van der Waals surface area contributed by atoms with Crippen LogP contribution >= 0.6 is 0 Å². The zero-order chi connectivity index (χ0) is 10.4. The molecule has 0 aromatic heterocycles. The average molecular weight is 185 g/mol. The number of nitrogens with zero attached hydrogens (tertiary/aromatic N) is 3. The maximum Gasteiger partial charge on any atom is 0.195 e. The summed E-state index contributed by atoms with van der Waals surface area (Å²) >= 11 is 0. The van der Waals surface area contributed by atoms with Crippen molar-refractivity contribution in [2.75, 3.05) is 34.7 Å². The van der Waals surface area contributed by atoms with Crippen LogP contribution in [0, 0.1) is 5.92 Å². The third-order valence-corrected chi connectivity index (χ3v) is 2.04. The fraction of sp³-hybridized carbons (Fsp3) is 0.900. The highest BCUT2D eigenvalue weighted by atomic mass is 15.3. The Morgan fingerprint density at radius 1 is 1.15 bits per heavy atom. The lowest BCUT2D eigenvalue weighted by Crippen LogP contribution is -2.35. The monoisotopic (exact) mass is 185 g/mol. The van der Waals surface area contributed by atoms with Crippen LogP contribution in [0.2, 0.25) is 0 Å². The maximum atomic E-state index is 4.56. The Bertz CT molecular complexity index is 152. The van der Waals surface area contributed by atoms with Gasteiger partial charge in [0.15, 0.2) is 5.96 Å². The van der Waals surface area contributed by atoms with Gasteiger partial charge in [-0.05, 0) is 5.92 Å². The molecule has 13 heavy (non-hydrogen) atoms. The van der Waals surface area contributed by atoms with Crippen molar-refractivity contribution in [3.05, 3.63) is 0 Å². The molecule has 0 aromatic carbocycles. The second-order valence-electron chi connectivity index (χ2n) is 3.94. The van der Waals surface area contributed by atoms with Crippen LogP contribution in [-0.4, -0.2) is 50.5 Å². The van der Waals surface area contributed by atoms with E-state index in [-0.39, 0.29) is 0 Å². The quantitative estimate of drug-likeness (QED) is 0.490. The molecular weight excluding hydrogens is 162 g/mol. The van der Waals surface area contributed by atoms with Gasteiger partial charge in [-0.1, -0.05) is 20.3 Å². The summed E-state index contributed by atoms with van der Waals surface area (Å²) in [7, 11) is 8.09. The minimum atomic E-state index is 0.676. The molecule has 1 atom stereocenters. The Balaban J connectivity index is 4.20. The summed E-state index contributed by atoms with van der Waals surface area (Å²) in [6.07, 6.45) is 1.19. The van der Waals surface area contributed by atoms with Gasteiger partial charge in [0, 0.05) is 34.7 Å². The molecule has 0 aliphatic rings. The molecule has 0 rings (SSSR count). The first kappa shape index (κ1) is 12.3. The Labute approximate surface area is 82.4 Å². The summed E-state index contributed by atoms with van der Waals surface area (Å²) in [6.45, 7) is 5.35. The lowest BCUT2D eigenvalue weighted by atomic mass is 10.1. The van der Waals surface area contributed by atoms with Crippen molar-refractivity contribution < 1.29 is 0 Å². The third-order valence-electron chi connectivity index (χ3n) is 2.04. The molecule has 0 aliphatic heterocycles. The molecule has 0 heterocycles. The van der Waals surface area contributed by atoms with Crippen molar-refractivity contribution in [3.63, 3.8) is 0 Å². The van der Waals surface area contributed by atoms with E-state index in [0.29, 0.717) is 5.92 Å². The van der Waals surface area contributed by atoms with Gasteiger partial charge in [0.1, 0.15) is 0 Å². The van der Waals surface area contributed by atoms with Crippen LogP contribution in [0.1, 0.15) is 20.3 Å². The smallest absolute Gasteiger partial charge is 0.195 e. The molecule has 0 aromatic rings. The van der Waals surface area contributed by atoms with Gasteiger partial charge in [0.25, 0.3) is 0 Å². The van der Waals surface area contributed by atoms with Crippen LogP contribution in [0.3, 0.4) is 0 Å². The first-order valence-electron chi connectivity index (χ1n) is 4.88. The molecule has 0 aliphatic carbocycles. The number of guanidine groups is 1. The first-order valence-corrected chi connectivity index (χ1v) is 4.88. The van der Waals surface area contributed by atoms with Crippen molar-refractivity contribution in [1.29, 1.82) is 0 Å². The molecule has 0 spiro atoms. The Morgan fingerprint density at radius 3 is 1.92 bits per heavy atom. The Kier molecular flexibility index (Phi) is 5.51. The molecule has 0 saturated heterocycles. The van der Waals surface area contributed by atoms with E-state index >= 15 is 0 Å². The molecule has 1 unspecified atom stereocenters. The predicted octanol–water partition coefficient (Wildman–Crippen LogP) is 1.51. The second-order valence-corrected chi connectivity index (χ2v) is 3.94. The molecule has 0 N–H and O–H groups in total. The predicted molar refractivity (Wildman–Crippen MR) is 59.1 cm³/mol. The van der Waals surface area contributed by atoms with Gasteiger partial charge in [-0.15, -0.1) is 0 Å². The number of aliphatic imine (C=N–C) groups is 1. The van der Waals surface area contributed by atoms with Crippen molar-refractivity contribution in [2.45, 2.75) is 20.3 Å². The number of hydrogen-bond acceptors (Lipinski definition) is 1. The van der Waals surface area contributed by atoms with E-state index in [1.807, 2.05) is 38.0 Å². The molecular formula is C10H23N3. The molecule has 78 valence electrons. The van der Waals surface area contributed by atoms with E-state index in [4.69, 9.17) is 0 Å². The molecule has 3 heteroatoms. The Morgan fingerprint density at radius 2 is 1.62 bits per heavy atom. The first-order chi connectivity index (χ1) is 5.99. The van der Waals surface area contributed by atoms with Crippen LogP contribution in [0.5, 0.6) is 0 Å². The zero-order valence-corrected chi connectivity index (χ0v) is 9.83. The summed E-state index contributed by atoms with van der Waals surface area (Å²) in [4.78, 5) is 8.65. The fourth-order valence-corrected chi connectivity index (χ4v) is 1.05. The summed E-state index contributed by atoms with van der Waals surface area (Å²) in [5, 5.41) is 0. The van der Waals surface area contributed by atoms with E-state index in [9.17, 15) is 0 Å². The lowest BCUT2D eigenvalue weighted by molar-refractivity contribution is 0.470. The van der Waals surface area contributed by atoms with Crippen LogP contribution in [0.15, 0.2) is 4.99 Å². The normalized spacial score (nSPS) is 12.2. The summed E-state index contributed by atoms with van der Waals surface area (Å²) < 4.78 is 0. The Hall–Kier alpha value is -0.730. The summed E-state index contributed by atoms with van der Waals surface area (Å²) in [5.41, 5.74) is 0. The highest BCUT2D eigenvalue weighted by molar-refractivity contribution is 5.79. The van der Waals surface area contributed by atoms with Gasteiger partial charge in [0.2, 0.25) is 0 Å². The van der Waals surface area contributed by atoms with Crippen molar-refractivity contribution in [1.82, 2.24) is 9.80 Å². The molecule has 0 saturated carbocycles. The number of hydrogen-bond donors (Lipinski definition) is 0. The van der Waals surface area contributed by atoms with E-state index in [0.717, 1.165) is 12.5 Å². The van der Waals surface area contributed by atoms with Crippen molar-refractivity contribution >= 4 is 5.96 Å². The molecule has 0 radical (unpaired) electrons. The highest BCUT2D eigenvalue weighted by Crippen LogP contribution is 2.01. The van der Waals surface area contributed by atoms with E-state index in [2.05, 4.69) is 18.8 Å². The fourth-order valence-electron chi connectivity index (χ4n) is 1.05. The third kappa shape index (κ3) is 4.76. The highest BCUT2D eigenvalue weighted by Gasteiger charge is 2.04. The standard InChI is InChI=1S/C10H23N3/c1-7-9(2)8-11-10(12(3)4)13(5)6/h9H,7-8H2,1-6H3. The van der Waals surface area contributed by atoms with Gasteiger partial charge in [-0.2, -0.15) is 0 Å². The van der Waals surface area contributed by atoms with Crippen LogP contribution in [0.25, 0.3) is 0 Å². The van der Waals surface area contributed by atoms with Gasteiger partial charge in [-0.3, -0.25) is 4.99 Å². The van der Waals surface area contributed by atoms with Crippen molar-refractivity contribution in [3.8, 4) is 0 Å². The topological polar surface area (TPSA) is 18.8 Å². The lowest BCUT2D eigenvalue weighted by Gasteiger charge is -2.23. The van der Waals surface area contributed by atoms with Gasteiger partial charge >= 0.3 is 0 Å². The van der Waals surface area contributed by atoms with Crippen LogP contribution in [0.4, 0.5) is 0 Å². The minimum Gasteiger partial charge on any atom is -0.349 e. The van der Waals surface area contributed by atoms with Gasteiger partial charge in [0.05, 0.1) is 0 Å². The SMILES string of the molecule is CCC(C)CN=C(N(C)C)N(C)C. The number of rotatable bonds is 3. The molecule has 0 bridgehead atoms. The zero-order valence-electron chi connectivity index (χ0n) is 9.83. The summed E-state index contributed by atoms with van der Waals surface area (Å²) in [5.74, 6) is 1.72. The van der Waals surface area contributed by atoms with Gasteiger partial charge < -0.3 is 9.80 Å².